The average Bonchev–Trinajstić information content (AvgIpc) is 3.30. The number of rotatable bonds is 7. The number of thioether (sulfide) groups is 1. The molecule has 2 heterocycles. The van der Waals surface area contributed by atoms with Crippen LogP contribution < -0.4 is 5.14 Å². The Hall–Kier alpha value is -2.33. The number of aromatic nitrogens is 3. The summed E-state index contributed by atoms with van der Waals surface area (Å²) < 4.78 is 31.2. The van der Waals surface area contributed by atoms with Gasteiger partial charge in [0.2, 0.25) is 15.9 Å². The van der Waals surface area contributed by atoms with Crippen molar-refractivity contribution in [1.82, 2.24) is 14.5 Å². The molecule has 30 heavy (non-hydrogen) atoms. The molecule has 2 aromatic carbocycles. The molecule has 0 saturated heterocycles. The molecule has 0 fully saturated rings. The molecule has 0 spiro atoms. The zero-order valence-electron chi connectivity index (χ0n) is 16.1. The topological polar surface area (TPSA) is 104 Å². The van der Waals surface area contributed by atoms with Crippen LogP contribution in [-0.2, 0) is 22.3 Å². The minimum Gasteiger partial charge on any atom is -0.440 e. The van der Waals surface area contributed by atoms with E-state index in [9.17, 15) is 8.42 Å². The molecule has 0 aliphatic carbocycles. The average molecular weight is 463 g/mol. The van der Waals surface area contributed by atoms with Crippen LogP contribution >= 0.6 is 23.4 Å². The zero-order chi connectivity index (χ0) is 21.3. The molecular formula is C20H19ClN4O3S2. The second-order valence-electron chi connectivity index (χ2n) is 6.66. The van der Waals surface area contributed by atoms with Crippen molar-refractivity contribution in [2.75, 3.05) is 0 Å². The molecule has 0 aliphatic rings. The van der Waals surface area contributed by atoms with Crippen LogP contribution in [0.25, 0.3) is 22.4 Å². The first kappa shape index (κ1) is 20.9. The minimum atomic E-state index is -3.78. The first-order valence-corrected chi connectivity index (χ1v) is 12.1. The third-order valence-corrected chi connectivity index (χ3v) is 6.56. The van der Waals surface area contributed by atoms with Gasteiger partial charge in [-0.15, -0.1) is 0 Å². The molecule has 0 radical (unpaired) electrons. The van der Waals surface area contributed by atoms with Crippen molar-refractivity contribution < 1.29 is 12.8 Å². The van der Waals surface area contributed by atoms with Crippen LogP contribution in [-0.4, -0.2) is 23.0 Å². The van der Waals surface area contributed by atoms with Gasteiger partial charge in [-0.1, -0.05) is 42.4 Å². The number of primary sulfonamides is 1. The summed E-state index contributed by atoms with van der Waals surface area (Å²) in [4.78, 5) is 9.01. The molecule has 4 rings (SSSR count). The molecule has 0 saturated carbocycles. The summed E-state index contributed by atoms with van der Waals surface area (Å²) in [7, 11) is -3.78. The molecule has 10 heteroatoms. The van der Waals surface area contributed by atoms with Crippen LogP contribution in [0.2, 0.25) is 5.02 Å². The smallest absolute Gasteiger partial charge is 0.238 e. The van der Waals surface area contributed by atoms with Crippen molar-refractivity contribution in [3.63, 3.8) is 0 Å². The highest BCUT2D eigenvalue weighted by molar-refractivity contribution is 7.98. The number of hydrogen-bond acceptors (Lipinski definition) is 6. The van der Waals surface area contributed by atoms with Crippen LogP contribution in [0.1, 0.15) is 19.2 Å². The van der Waals surface area contributed by atoms with Crippen LogP contribution in [0.15, 0.2) is 63.1 Å². The maximum absolute atomic E-state index is 11.7. The highest BCUT2D eigenvalue weighted by Crippen LogP contribution is 2.30. The Morgan fingerprint density at radius 3 is 2.80 bits per heavy atom. The van der Waals surface area contributed by atoms with Gasteiger partial charge in [-0.3, -0.25) is 0 Å². The van der Waals surface area contributed by atoms with Gasteiger partial charge < -0.3 is 8.98 Å². The van der Waals surface area contributed by atoms with E-state index in [1.165, 1.54) is 23.9 Å². The van der Waals surface area contributed by atoms with Gasteiger partial charge in [-0.05, 0) is 36.8 Å². The second kappa shape index (κ2) is 8.43. The number of fused-ring (bicyclic) bond motifs is 1. The Balaban J connectivity index is 1.60. The van der Waals surface area contributed by atoms with Crippen molar-refractivity contribution in [3.8, 4) is 11.3 Å². The predicted octanol–water partition coefficient (Wildman–Crippen LogP) is 4.69. The fraction of sp³-hybridized carbons (Fsp3) is 0.200. The molecule has 156 valence electrons. The Bertz CT molecular complexity index is 1310. The summed E-state index contributed by atoms with van der Waals surface area (Å²) in [6.07, 6.45) is 2.59. The quantitative estimate of drug-likeness (QED) is 0.399. The van der Waals surface area contributed by atoms with Crippen molar-refractivity contribution in [2.24, 2.45) is 5.14 Å². The molecule has 7 nitrogen and oxygen atoms in total. The third kappa shape index (κ3) is 4.39. The molecule has 0 bridgehead atoms. The van der Waals surface area contributed by atoms with Crippen molar-refractivity contribution in [3.05, 3.63) is 59.6 Å². The summed E-state index contributed by atoms with van der Waals surface area (Å²) in [5.74, 6) is 1.69. The summed E-state index contributed by atoms with van der Waals surface area (Å²) in [6.45, 7) is 2.83. The van der Waals surface area contributed by atoms with Crippen LogP contribution in [0.3, 0.4) is 0 Å². The maximum Gasteiger partial charge on any atom is 0.238 e. The molecule has 2 aromatic heterocycles. The predicted molar refractivity (Wildman–Crippen MR) is 118 cm³/mol. The van der Waals surface area contributed by atoms with Gasteiger partial charge in [-0.25, -0.2) is 23.5 Å². The van der Waals surface area contributed by atoms with Gasteiger partial charge >= 0.3 is 0 Å². The van der Waals surface area contributed by atoms with Crippen LogP contribution in [0, 0.1) is 0 Å². The lowest BCUT2D eigenvalue weighted by Gasteiger charge is -2.06. The Labute approximate surface area is 183 Å². The van der Waals surface area contributed by atoms with E-state index in [1.54, 1.807) is 18.3 Å². The van der Waals surface area contributed by atoms with E-state index < -0.39 is 10.0 Å². The fourth-order valence-corrected chi connectivity index (χ4v) is 4.71. The van der Waals surface area contributed by atoms with E-state index in [4.69, 9.17) is 21.2 Å². The number of oxazole rings is 1. The molecule has 0 aliphatic heterocycles. The molecule has 0 atom stereocenters. The number of hydrogen-bond donors (Lipinski definition) is 1. The molecular weight excluding hydrogens is 444 g/mol. The lowest BCUT2D eigenvalue weighted by Crippen LogP contribution is -2.11. The second-order valence-corrected chi connectivity index (χ2v) is 9.60. The number of nitrogens with two attached hydrogens (primary N) is 1. The monoisotopic (exact) mass is 462 g/mol. The highest BCUT2D eigenvalue weighted by Gasteiger charge is 2.16. The summed E-state index contributed by atoms with van der Waals surface area (Å²) in [5.41, 5.74) is 2.31. The number of nitrogens with zero attached hydrogens (tertiary/aromatic N) is 3. The number of imidazole rings is 1. The van der Waals surface area contributed by atoms with E-state index in [1.807, 2.05) is 18.2 Å². The minimum absolute atomic E-state index is 0.0477. The van der Waals surface area contributed by atoms with E-state index >= 15 is 0 Å². The third-order valence-electron chi connectivity index (χ3n) is 4.45. The van der Waals surface area contributed by atoms with Gasteiger partial charge in [0.15, 0.2) is 10.9 Å². The summed E-state index contributed by atoms with van der Waals surface area (Å²) in [5, 5.41) is 6.65. The Kier molecular flexibility index (Phi) is 5.88. The zero-order valence-corrected chi connectivity index (χ0v) is 18.5. The van der Waals surface area contributed by atoms with Gasteiger partial charge in [-0.2, -0.15) is 0 Å². The van der Waals surface area contributed by atoms with Crippen LogP contribution in [0.4, 0.5) is 0 Å². The van der Waals surface area contributed by atoms with Crippen molar-refractivity contribution in [2.45, 2.75) is 35.7 Å². The van der Waals surface area contributed by atoms with Crippen molar-refractivity contribution in [1.29, 1.82) is 0 Å². The molecule has 0 amide bonds. The number of sulfonamides is 1. The van der Waals surface area contributed by atoms with E-state index in [2.05, 4.69) is 21.5 Å². The standard InChI is InChI=1S/C20H19ClN4O3S2/c1-2-8-25-17-7-6-15(30(22,26)27)10-16(17)24-20(25)29-12-19-23-11-18(28-19)13-4-3-5-14(21)9-13/h3-7,9-11H,2,8,12H2,1H3,(H2,22,26,27). The molecule has 0 unspecified atom stereocenters. The lowest BCUT2D eigenvalue weighted by molar-refractivity contribution is 0.529. The number of halogens is 1. The van der Waals surface area contributed by atoms with Gasteiger partial charge in [0.25, 0.3) is 0 Å². The Morgan fingerprint density at radius 1 is 1.23 bits per heavy atom. The molecule has 2 N–H and O–H groups in total. The summed E-state index contributed by atoms with van der Waals surface area (Å²) in [6, 6.07) is 12.1. The SMILES string of the molecule is CCCn1c(SCc2ncc(-c3cccc(Cl)c3)o2)nc2cc(S(N)(=O)=O)ccc21. The first-order chi connectivity index (χ1) is 14.3. The Morgan fingerprint density at radius 2 is 2.07 bits per heavy atom. The van der Waals surface area contributed by atoms with Gasteiger partial charge in [0, 0.05) is 17.1 Å². The van der Waals surface area contributed by atoms with E-state index in [0.29, 0.717) is 27.9 Å². The summed E-state index contributed by atoms with van der Waals surface area (Å²) >= 11 is 7.52. The fourth-order valence-electron chi connectivity index (χ4n) is 3.09. The number of benzene rings is 2. The first-order valence-electron chi connectivity index (χ1n) is 9.21. The normalized spacial score (nSPS) is 12.0. The maximum atomic E-state index is 11.7. The lowest BCUT2D eigenvalue weighted by atomic mass is 10.2. The number of aryl methyl sites for hydroxylation is 1. The highest BCUT2D eigenvalue weighted by atomic mass is 35.5. The van der Waals surface area contributed by atoms with E-state index in [-0.39, 0.29) is 4.90 Å². The largest absolute Gasteiger partial charge is 0.440 e. The van der Waals surface area contributed by atoms with Crippen LogP contribution in [0.5, 0.6) is 0 Å². The van der Waals surface area contributed by atoms with E-state index in [0.717, 1.165) is 29.2 Å². The van der Waals surface area contributed by atoms with Gasteiger partial charge in [0.1, 0.15) is 0 Å². The van der Waals surface area contributed by atoms with Crippen molar-refractivity contribution >= 4 is 44.4 Å². The molecule has 4 aromatic rings. The van der Waals surface area contributed by atoms with Gasteiger partial charge in [0.05, 0.1) is 27.9 Å².